The maximum absolute atomic E-state index is 8.90. The molecule has 0 fully saturated rings. The maximum atomic E-state index is 8.90. The van der Waals surface area contributed by atoms with Gasteiger partial charge in [-0.2, -0.15) is 0 Å². The summed E-state index contributed by atoms with van der Waals surface area (Å²) in [5.41, 5.74) is 5.84. The molecule has 4 aromatic carbocycles. The fourth-order valence-corrected chi connectivity index (χ4v) is 4.70. The van der Waals surface area contributed by atoms with Crippen molar-refractivity contribution in [3.05, 3.63) is 124 Å². The van der Waals surface area contributed by atoms with E-state index in [1.54, 1.807) is 0 Å². The Morgan fingerprint density at radius 2 is 1.61 bits per heavy atom. The van der Waals surface area contributed by atoms with Gasteiger partial charge in [0.1, 0.15) is 5.82 Å². The standard InChI is InChI=1S/C29H24BrN3/c1-19(28(31)23-16-17-25(30)22-12-6-5-11-21(22)23)15-18-27-32-26-14-8-7-13-24(26)29(33-27)20-9-3-2-4-10-20/h2-14,16-19,31-32H,15H2,1H3/b27-18-,31-28?. The first kappa shape index (κ1) is 21.4. The zero-order chi connectivity index (χ0) is 22.8. The number of anilines is 1. The predicted molar refractivity (Wildman–Crippen MR) is 142 cm³/mol. The van der Waals surface area contributed by atoms with E-state index in [9.17, 15) is 0 Å². The molecule has 4 aromatic rings. The number of para-hydroxylation sites is 1. The molecular formula is C29H24BrN3. The lowest BCUT2D eigenvalue weighted by molar-refractivity contribution is 0.781. The molecule has 0 aromatic heterocycles. The van der Waals surface area contributed by atoms with Gasteiger partial charge in [0.2, 0.25) is 0 Å². The summed E-state index contributed by atoms with van der Waals surface area (Å²) >= 11 is 3.64. The molecule has 0 bridgehead atoms. The molecule has 0 aliphatic carbocycles. The highest BCUT2D eigenvalue weighted by atomic mass is 79.9. The maximum Gasteiger partial charge on any atom is 0.127 e. The summed E-state index contributed by atoms with van der Waals surface area (Å²) in [4.78, 5) is 4.95. The van der Waals surface area contributed by atoms with Gasteiger partial charge >= 0.3 is 0 Å². The van der Waals surface area contributed by atoms with Crippen LogP contribution >= 0.6 is 15.9 Å². The Hall–Kier alpha value is -3.50. The van der Waals surface area contributed by atoms with Crippen LogP contribution in [-0.4, -0.2) is 11.4 Å². The molecule has 0 spiro atoms. The van der Waals surface area contributed by atoms with Crippen LogP contribution in [0.2, 0.25) is 0 Å². The molecule has 4 heteroatoms. The summed E-state index contributed by atoms with van der Waals surface area (Å²) in [7, 11) is 0. The van der Waals surface area contributed by atoms with E-state index in [2.05, 4.69) is 70.6 Å². The number of hydrogen-bond donors (Lipinski definition) is 2. The second kappa shape index (κ2) is 9.16. The normalized spacial score (nSPS) is 15.0. The van der Waals surface area contributed by atoms with Crippen LogP contribution in [0, 0.1) is 11.3 Å². The van der Waals surface area contributed by atoms with Crippen LogP contribution in [0.3, 0.4) is 0 Å². The van der Waals surface area contributed by atoms with E-state index in [4.69, 9.17) is 10.4 Å². The van der Waals surface area contributed by atoms with Crippen LogP contribution in [0.15, 0.2) is 112 Å². The van der Waals surface area contributed by atoms with Crippen molar-refractivity contribution >= 4 is 43.8 Å². The summed E-state index contributed by atoms with van der Waals surface area (Å²) in [6, 6.07) is 30.9. The Labute approximate surface area is 202 Å². The molecule has 3 nitrogen and oxygen atoms in total. The van der Waals surface area contributed by atoms with Crippen molar-refractivity contribution in [2.24, 2.45) is 10.9 Å². The number of aliphatic imine (C=N–C) groups is 1. The third-order valence-electron chi connectivity index (χ3n) is 6.04. The largest absolute Gasteiger partial charge is 0.340 e. The summed E-state index contributed by atoms with van der Waals surface area (Å²) in [5.74, 6) is 0.879. The van der Waals surface area contributed by atoms with Gasteiger partial charge in [-0.1, -0.05) is 102 Å². The molecule has 0 amide bonds. The molecular weight excluding hydrogens is 470 g/mol. The van der Waals surface area contributed by atoms with E-state index in [-0.39, 0.29) is 5.92 Å². The number of hydrogen-bond acceptors (Lipinski definition) is 3. The van der Waals surface area contributed by atoms with Crippen molar-refractivity contribution in [1.29, 1.82) is 5.41 Å². The van der Waals surface area contributed by atoms with Gasteiger partial charge in [0.15, 0.2) is 0 Å². The lowest BCUT2D eigenvalue weighted by Crippen LogP contribution is -2.16. The predicted octanol–water partition coefficient (Wildman–Crippen LogP) is 7.80. The zero-order valence-corrected chi connectivity index (χ0v) is 19.9. The Bertz CT molecular complexity index is 1400. The van der Waals surface area contributed by atoms with E-state index in [0.29, 0.717) is 5.71 Å². The fraction of sp³-hybridized carbons (Fsp3) is 0.103. The molecule has 0 saturated carbocycles. The van der Waals surface area contributed by atoms with Crippen molar-refractivity contribution in [2.45, 2.75) is 13.3 Å². The second-order valence-electron chi connectivity index (χ2n) is 8.28. The average molecular weight is 494 g/mol. The lowest BCUT2D eigenvalue weighted by Gasteiger charge is -2.21. The second-order valence-corrected chi connectivity index (χ2v) is 9.13. The number of nitrogens with one attached hydrogen (secondary N) is 2. The van der Waals surface area contributed by atoms with Crippen molar-refractivity contribution in [3.63, 3.8) is 0 Å². The third kappa shape index (κ3) is 4.27. The van der Waals surface area contributed by atoms with Crippen LogP contribution in [0.4, 0.5) is 5.69 Å². The summed E-state index contributed by atoms with van der Waals surface area (Å²) in [6.07, 6.45) is 2.83. The van der Waals surface area contributed by atoms with E-state index >= 15 is 0 Å². The molecule has 162 valence electrons. The van der Waals surface area contributed by atoms with Gasteiger partial charge in [-0.15, -0.1) is 0 Å². The lowest BCUT2D eigenvalue weighted by atomic mass is 9.91. The van der Waals surface area contributed by atoms with Crippen LogP contribution in [0.1, 0.15) is 30.0 Å². The average Bonchev–Trinajstić information content (AvgIpc) is 2.87. The Morgan fingerprint density at radius 3 is 2.42 bits per heavy atom. The highest BCUT2D eigenvalue weighted by Gasteiger charge is 2.19. The van der Waals surface area contributed by atoms with Crippen molar-refractivity contribution in [1.82, 2.24) is 0 Å². The summed E-state index contributed by atoms with van der Waals surface area (Å²) in [5, 5.41) is 14.6. The highest BCUT2D eigenvalue weighted by Crippen LogP contribution is 2.30. The first-order valence-electron chi connectivity index (χ1n) is 11.1. The Morgan fingerprint density at radius 1 is 0.909 bits per heavy atom. The Kier molecular flexibility index (Phi) is 5.93. The molecule has 1 aliphatic heterocycles. The van der Waals surface area contributed by atoms with Crippen LogP contribution in [0.5, 0.6) is 0 Å². The fourth-order valence-electron chi connectivity index (χ4n) is 4.23. The molecule has 1 unspecified atom stereocenters. The van der Waals surface area contributed by atoms with Crippen molar-refractivity contribution < 1.29 is 0 Å². The van der Waals surface area contributed by atoms with Gasteiger partial charge in [-0.25, -0.2) is 4.99 Å². The minimum absolute atomic E-state index is 0.0522. The Balaban J connectivity index is 1.43. The quantitative estimate of drug-likeness (QED) is 0.273. The number of fused-ring (bicyclic) bond motifs is 2. The number of benzene rings is 4. The van der Waals surface area contributed by atoms with Crippen LogP contribution in [0.25, 0.3) is 10.8 Å². The smallest absolute Gasteiger partial charge is 0.127 e. The zero-order valence-electron chi connectivity index (χ0n) is 18.3. The molecule has 1 aliphatic rings. The number of halogens is 1. The molecule has 1 atom stereocenters. The number of rotatable bonds is 5. The van der Waals surface area contributed by atoms with Gasteiger partial charge < -0.3 is 10.7 Å². The summed E-state index contributed by atoms with van der Waals surface area (Å²) < 4.78 is 1.05. The molecule has 0 saturated heterocycles. The molecule has 1 heterocycles. The molecule has 2 N–H and O–H groups in total. The van der Waals surface area contributed by atoms with Crippen molar-refractivity contribution in [2.75, 3.05) is 5.32 Å². The van der Waals surface area contributed by atoms with Gasteiger partial charge in [0.05, 0.1) is 5.71 Å². The number of allylic oxidation sites excluding steroid dienone is 1. The molecule has 0 radical (unpaired) electrons. The van der Waals surface area contributed by atoms with Gasteiger partial charge in [-0.05, 0) is 35.4 Å². The van der Waals surface area contributed by atoms with E-state index in [1.807, 2.05) is 54.6 Å². The first-order valence-corrected chi connectivity index (χ1v) is 11.9. The third-order valence-corrected chi connectivity index (χ3v) is 6.73. The monoisotopic (exact) mass is 493 g/mol. The van der Waals surface area contributed by atoms with E-state index in [0.717, 1.165) is 55.6 Å². The first-order chi connectivity index (χ1) is 16.1. The number of nitrogens with zero attached hydrogens (tertiary/aromatic N) is 1. The highest BCUT2D eigenvalue weighted by molar-refractivity contribution is 9.10. The van der Waals surface area contributed by atoms with Gasteiger partial charge in [0, 0.05) is 38.5 Å². The van der Waals surface area contributed by atoms with E-state index < -0.39 is 0 Å². The summed E-state index contributed by atoms with van der Waals surface area (Å²) in [6.45, 7) is 2.11. The molecule has 5 rings (SSSR count). The SMILES string of the molecule is CC(C/C=C1\N=C(c2ccccc2)c2ccccc2N1)C(=N)c1ccc(Br)c2ccccc12. The van der Waals surface area contributed by atoms with Crippen LogP contribution < -0.4 is 5.32 Å². The molecule has 33 heavy (non-hydrogen) atoms. The van der Waals surface area contributed by atoms with Crippen molar-refractivity contribution in [3.8, 4) is 0 Å². The minimum Gasteiger partial charge on any atom is -0.340 e. The van der Waals surface area contributed by atoms with Gasteiger partial charge in [-0.3, -0.25) is 0 Å². The van der Waals surface area contributed by atoms with E-state index in [1.165, 1.54) is 0 Å². The van der Waals surface area contributed by atoms with Gasteiger partial charge in [0.25, 0.3) is 0 Å². The minimum atomic E-state index is 0.0522. The van der Waals surface area contributed by atoms with Crippen LogP contribution in [-0.2, 0) is 0 Å². The topological polar surface area (TPSA) is 48.2 Å².